The second-order valence-electron chi connectivity index (χ2n) is 7.49. The molecule has 1 aliphatic rings. The molecule has 1 atom stereocenters. The molecule has 1 aromatic carbocycles. The van der Waals surface area contributed by atoms with E-state index in [1.54, 1.807) is 23.5 Å². The van der Waals surface area contributed by atoms with Crippen LogP contribution in [0, 0.1) is 11.7 Å². The zero-order valence-corrected chi connectivity index (χ0v) is 17.4. The highest BCUT2D eigenvalue weighted by Crippen LogP contribution is 2.28. The Hall–Kier alpha value is -3.40. The van der Waals surface area contributed by atoms with Gasteiger partial charge in [-0.3, -0.25) is 4.79 Å². The van der Waals surface area contributed by atoms with Crippen LogP contribution in [0.5, 0.6) is 0 Å². The van der Waals surface area contributed by atoms with Crippen LogP contribution >= 0.6 is 11.3 Å². The van der Waals surface area contributed by atoms with Crippen LogP contribution in [0.1, 0.15) is 29.3 Å². The summed E-state index contributed by atoms with van der Waals surface area (Å²) in [6.07, 6.45) is 1.45. The minimum atomic E-state index is -0.291. The lowest BCUT2D eigenvalue weighted by Gasteiger charge is -2.32. The lowest BCUT2D eigenvalue weighted by atomic mass is 9.94. The smallest absolute Gasteiger partial charge is 0.224 e. The first-order chi connectivity index (χ1) is 15.2. The zero-order valence-electron chi connectivity index (χ0n) is 16.6. The van der Waals surface area contributed by atoms with Gasteiger partial charge < -0.3 is 10.2 Å². The molecular weight excluding hydrogens is 417 g/mol. The van der Waals surface area contributed by atoms with Crippen LogP contribution in [0.25, 0.3) is 5.65 Å². The number of nitrogens with one attached hydrogen (secondary N) is 1. The molecule has 1 unspecified atom stereocenters. The third-order valence-corrected chi connectivity index (χ3v) is 6.50. The average molecular weight is 438 g/mol. The van der Waals surface area contributed by atoms with Crippen LogP contribution in [-0.2, 0) is 4.79 Å². The number of nitrogens with zero attached hydrogens (tertiary/aromatic N) is 6. The predicted molar refractivity (Wildman–Crippen MR) is 114 cm³/mol. The van der Waals surface area contributed by atoms with Gasteiger partial charge in [-0.15, -0.1) is 26.2 Å². The molecule has 3 aromatic heterocycles. The number of anilines is 1. The molecule has 5 rings (SSSR count). The summed E-state index contributed by atoms with van der Waals surface area (Å²) in [4.78, 5) is 16.2. The van der Waals surface area contributed by atoms with E-state index in [2.05, 4.69) is 30.8 Å². The molecule has 1 fully saturated rings. The van der Waals surface area contributed by atoms with Crippen molar-refractivity contribution < 1.29 is 9.18 Å². The number of thiophene rings is 1. The number of hydrogen-bond donors (Lipinski definition) is 1. The summed E-state index contributed by atoms with van der Waals surface area (Å²) in [5, 5.41) is 20.9. The monoisotopic (exact) mass is 437 g/mol. The Morgan fingerprint density at radius 1 is 1.13 bits per heavy atom. The zero-order chi connectivity index (χ0) is 21.2. The molecule has 0 spiro atoms. The van der Waals surface area contributed by atoms with Gasteiger partial charge in [0, 0.05) is 23.9 Å². The Labute approximate surface area is 181 Å². The number of amides is 1. The lowest BCUT2D eigenvalue weighted by Crippen LogP contribution is -2.42. The van der Waals surface area contributed by atoms with Crippen molar-refractivity contribution in [1.29, 1.82) is 0 Å². The number of hydrogen-bond acceptors (Lipinski definition) is 7. The maximum atomic E-state index is 13.4. The fraction of sp³-hybridized carbons (Fsp3) is 0.286. The van der Waals surface area contributed by atoms with Crippen molar-refractivity contribution in [3.8, 4) is 0 Å². The van der Waals surface area contributed by atoms with Crippen LogP contribution in [0.3, 0.4) is 0 Å². The average Bonchev–Trinajstić information content (AvgIpc) is 3.50. The molecule has 0 saturated carbocycles. The number of carbonyl (C=O) groups excluding carboxylic acids is 1. The van der Waals surface area contributed by atoms with Gasteiger partial charge in [-0.05, 0) is 64.5 Å². The predicted octanol–water partition coefficient (Wildman–Crippen LogP) is 2.84. The van der Waals surface area contributed by atoms with Crippen molar-refractivity contribution in [2.75, 3.05) is 18.0 Å². The summed E-state index contributed by atoms with van der Waals surface area (Å²) < 4.78 is 14.8. The van der Waals surface area contributed by atoms with Crippen LogP contribution in [-0.4, -0.2) is 44.3 Å². The molecule has 0 radical (unpaired) electrons. The quantitative estimate of drug-likeness (QED) is 0.517. The van der Waals surface area contributed by atoms with Crippen molar-refractivity contribution in [3.05, 3.63) is 70.2 Å². The van der Waals surface area contributed by atoms with Crippen molar-refractivity contribution in [2.45, 2.75) is 18.9 Å². The highest BCUT2D eigenvalue weighted by Gasteiger charge is 2.28. The molecule has 158 valence electrons. The van der Waals surface area contributed by atoms with Crippen LogP contribution < -0.4 is 10.2 Å². The first-order valence-electron chi connectivity index (χ1n) is 10.1. The van der Waals surface area contributed by atoms with Gasteiger partial charge in [0.05, 0.1) is 6.04 Å². The van der Waals surface area contributed by atoms with Crippen molar-refractivity contribution in [3.63, 3.8) is 0 Å². The molecule has 4 heterocycles. The SMILES string of the molecule is O=C(NC(c1ccc(F)cc1)c1cccs1)C1CCN(c2ccc3nnnn3n2)CC1. The largest absolute Gasteiger partial charge is 0.355 e. The van der Waals surface area contributed by atoms with E-state index in [4.69, 9.17) is 0 Å². The highest BCUT2D eigenvalue weighted by atomic mass is 32.1. The highest BCUT2D eigenvalue weighted by molar-refractivity contribution is 7.10. The molecule has 0 bridgehead atoms. The van der Waals surface area contributed by atoms with Gasteiger partial charge in [-0.1, -0.05) is 18.2 Å². The minimum Gasteiger partial charge on any atom is -0.355 e. The van der Waals surface area contributed by atoms with Crippen molar-refractivity contribution in [1.82, 2.24) is 30.6 Å². The molecular formula is C21H20FN7OS. The maximum Gasteiger partial charge on any atom is 0.224 e. The molecule has 1 N–H and O–H groups in total. The molecule has 4 aromatic rings. The first kappa shape index (κ1) is 19.6. The number of benzene rings is 1. The van der Waals surface area contributed by atoms with Crippen LogP contribution in [0.15, 0.2) is 53.9 Å². The number of carbonyl (C=O) groups is 1. The van der Waals surface area contributed by atoms with Gasteiger partial charge in [0.2, 0.25) is 5.91 Å². The number of piperidine rings is 1. The van der Waals surface area contributed by atoms with Crippen molar-refractivity contribution >= 4 is 28.7 Å². The van der Waals surface area contributed by atoms with Crippen molar-refractivity contribution in [2.24, 2.45) is 5.92 Å². The summed E-state index contributed by atoms with van der Waals surface area (Å²) in [6, 6.07) is 13.7. The van der Waals surface area contributed by atoms with E-state index in [0.29, 0.717) is 5.65 Å². The topological polar surface area (TPSA) is 88.3 Å². The van der Waals surface area contributed by atoms with E-state index >= 15 is 0 Å². The van der Waals surface area contributed by atoms with Crippen LogP contribution in [0.2, 0.25) is 0 Å². The van der Waals surface area contributed by atoms with Gasteiger partial charge in [0.15, 0.2) is 11.5 Å². The van der Waals surface area contributed by atoms with Gasteiger partial charge in [0.1, 0.15) is 5.82 Å². The van der Waals surface area contributed by atoms with Crippen LogP contribution in [0.4, 0.5) is 10.2 Å². The molecule has 31 heavy (non-hydrogen) atoms. The Kier molecular flexibility index (Phi) is 5.29. The molecule has 10 heteroatoms. The minimum absolute atomic E-state index is 0.0197. The summed E-state index contributed by atoms with van der Waals surface area (Å²) in [7, 11) is 0. The molecule has 8 nitrogen and oxygen atoms in total. The third-order valence-electron chi connectivity index (χ3n) is 5.56. The van der Waals surface area contributed by atoms with E-state index in [9.17, 15) is 9.18 Å². The number of aromatic nitrogens is 5. The van der Waals surface area contributed by atoms with E-state index in [1.165, 1.54) is 16.8 Å². The Balaban J connectivity index is 1.26. The second kappa shape index (κ2) is 8.38. The van der Waals surface area contributed by atoms with E-state index < -0.39 is 0 Å². The Morgan fingerprint density at radius 3 is 2.68 bits per heavy atom. The molecule has 1 saturated heterocycles. The molecule has 0 aliphatic carbocycles. The number of rotatable bonds is 5. The number of fused-ring (bicyclic) bond motifs is 1. The maximum absolute atomic E-state index is 13.4. The molecule has 1 aliphatic heterocycles. The second-order valence-corrected chi connectivity index (χ2v) is 8.47. The van der Waals surface area contributed by atoms with E-state index in [-0.39, 0.29) is 23.7 Å². The Morgan fingerprint density at radius 2 is 1.94 bits per heavy atom. The van der Waals surface area contributed by atoms with Gasteiger partial charge in [0.25, 0.3) is 0 Å². The first-order valence-corrected chi connectivity index (χ1v) is 10.9. The van der Waals surface area contributed by atoms with Gasteiger partial charge in [-0.2, -0.15) is 0 Å². The Bertz CT molecular complexity index is 1170. The molecule has 1 amide bonds. The van der Waals surface area contributed by atoms with E-state index in [1.807, 2.05) is 29.6 Å². The summed E-state index contributed by atoms with van der Waals surface area (Å²) in [5.74, 6) is 0.435. The number of tetrazole rings is 1. The summed E-state index contributed by atoms with van der Waals surface area (Å²) in [5.41, 5.74) is 1.46. The van der Waals surface area contributed by atoms with Gasteiger partial charge in [-0.25, -0.2) is 4.39 Å². The van der Waals surface area contributed by atoms with Gasteiger partial charge >= 0.3 is 0 Å². The summed E-state index contributed by atoms with van der Waals surface area (Å²) >= 11 is 1.57. The summed E-state index contributed by atoms with van der Waals surface area (Å²) in [6.45, 7) is 1.44. The normalized spacial score (nSPS) is 15.8. The fourth-order valence-corrected chi connectivity index (χ4v) is 4.67. The third kappa shape index (κ3) is 4.11. The number of halogens is 1. The lowest BCUT2D eigenvalue weighted by molar-refractivity contribution is -0.126. The van der Waals surface area contributed by atoms with E-state index in [0.717, 1.165) is 42.2 Å². The fourth-order valence-electron chi connectivity index (χ4n) is 3.87. The standard InChI is InChI=1S/C21H20FN7OS/c22-16-5-3-14(4-6-16)20(17-2-1-13-31-17)23-21(30)15-9-11-28(12-10-15)19-8-7-18-24-26-27-29(18)25-19/h1-8,13,15,20H,9-12H2,(H,23,30).